The molecule has 0 fully saturated rings. The van der Waals surface area contributed by atoms with Crippen LogP contribution in [0.5, 0.6) is 5.75 Å². The molecule has 108 valence electrons. The highest BCUT2D eigenvalue weighted by Crippen LogP contribution is 2.18. The maximum absolute atomic E-state index is 13.7. The van der Waals surface area contributed by atoms with Gasteiger partial charge in [0.2, 0.25) is 0 Å². The number of benzene rings is 1. The summed E-state index contributed by atoms with van der Waals surface area (Å²) in [5.41, 5.74) is 1.82. The van der Waals surface area contributed by atoms with Crippen molar-refractivity contribution >= 4 is 11.6 Å². The Labute approximate surface area is 128 Å². The predicted octanol–water partition coefficient (Wildman–Crippen LogP) is 3.82. The van der Waals surface area contributed by atoms with E-state index in [1.807, 2.05) is 12.1 Å². The Morgan fingerprint density at radius 1 is 1.19 bits per heavy atom. The fourth-order valence-corrected chi connectivity index (χ4v) is 1.83. The van der Waals surface area contributed by atoms with Gasteiger partial charge in [0.1, 0.15) is 0 Å². The summed E-state index contributed by atoms with van der Waals surface area (Å²) in [4.78, 5) is 3.95. The van der Waals surface area contributed by atoms with E-state index in [2.05, 4.69) is 16.8 Å². The molecule has 2 nitrogen and oxygen atoms in total. The number of alkyl halides is 1. The van der Waals surface area contributed by atoms with Crippen LogP contribution < -0.4 is 4.74 Å². The molecule has 0 saturated heterocycles. The van der Waals surface area contributed by atoms with Gasteiger partial charge >= 0.3 is 0 Å². The molecule has 0 unspecified atom stereocenters. The van der Waals surface area contributed by atoms with Crippen LogP contribution in [-0.2, 0) is 6.42 Å². The highest BCUT2D eigenvalue weighted by Gasteiger charge is 2.04. The fourth-order valence-electron chi connectivity index (χ4n) is 1.73. The van der Waals surface area contributed by atoms with Crippen LogP contribution in [0.15, 0.2) is 42.7 Å². The van der Waals surface area contributed by atoms with E-state index < -0.39 is 0 Å². The lowest BCUT2D eigenvalue weighted by atomic mass is 10.2. The molecule has 0 bridgehead atoms. The molecule has 21 heavy (non-hydrogen) atoms. The smallest absolute Gasteiger partial charge is 0.165 e. The predicted molar refractivity (Wildman–Crippen MR) is 82.1 cm³/mol. The lowest BCUT2D eigenvalue weighted by Crippen LogP contribution is -2.03. The average Bonchev–Trinajstić information content (AvgIpc) is 2.51. The number of hydrogen-bond acceptors (Lipinski definition) is 2. The summed E-state index contributed by atoms with van der Waals surface area (Å²) in [5, 5.41) is 0. The molecular formula is C17H15ClFNO. The first-order chi connectivity index (χ1) is 10.3. The van der Waals surface area contributed by atoms with Crippen molar-refractivity contribution in [3.05, 3.63) is 59.7 Å². The Kier molecular flexibility index (Phi) is 6.05. The monoisotopic (exact) mass is 303 g/mol. The maximum Gasteiger partial charge on any atom is 0.165 e. The summed E-state index contributed by atoms with van der Waals surface area (Å²) in [6.45, 7) is 0.402. The van der Waals surface area contributed by atoms with E-state index >= 15 is 0 Å². The molecule has 1 heterocycles. The third-order valence-corrected chi connectivity index (χ3v) is 2.97. The molecule has 0 atom stereocenters. The van der Waals surface area contributed by atoms with Crippen molar-refractivity contribution in [3.63, 3.8) is 0 Å². The normalized spacial score (nSPS) is 9.81. The summed E-state index contributed by atoms with van der Waals surface area (Å²) < 4.78 is 19.2. The van der Waals surface area contributed by atoms with Crippen molar-refractivity contribution in [2.24, 2.45) is 0 Å². The summed E-state index contributed by atoms with van der Waals surface area (Å²) >= 11 is 5.56. The van der Waals surface area contributed by atoms with Crippen LogP contribution >= 0.6 is 11.6 Å². The zero-order valence-corrected chi connectivity index (χ0v) is 12.2. The van der Waals surface area contributed by atoms with E-state index in [0.29, 0.717) is 25.3 Å². The second kappa shape index (κ2) is 8.28. The van der Waals surface area contributed by atoms with E-state index in [0.717, 1.165) is 11.1 Å². The third-order valence-electron chi connectivity index (χ3n) is 2.78. The number of hydrogen-bond donors (Lipinski definition) is 0. The van der Waals surface area contributed by atoms with Crippen LogP contribution in [0, 0.1) is 17.7 Å². The molecule has 0 aliphatic heterocycles. The second-order valence-electron chi connectivity index (χ2n) is 4.34. The van der Waals surface area contributed by atoms with Crippen LogP contribution in [-0.4, -0.2) is 17.5 Å². The minimum Gasteiger partial charge on any atom is -0.490 e. The standard InChI is InChI=1S/C17H15ClFNO/c18-9-2-1-3-15-4-5-16(19)17(13-15)21-12-8-14-6-10-20-11-7-14/h4-7,10-11,13H,2,8-9,12H2. The van der Waals surface area contributed by atoms with Gasteiger partial charge in [-0.1, -0.05) is 11.8 Å². The van der Waals surface area contributed by atoms with E-state index in [9.17, 15) is 4.39 Å². The van der Waals surface area contributed by atoms with Crippen molar-refractivity contribution in [1.82, 2.24) is 4.98 Å². The largest absolute Gasteiger partial charge is 0.490 e. The highest BCUT2D eigenvalue weighted by atomic mass is 35.5. The maximum atomic E-state index is 13.7. The van der Waals surface area contributed by atoms with E-state index in [4.69, 9.17) is 16.3 Å². The summed E-state index contributed by atoms with van der Waals surface area (Å²) in [6.07, 6.45) is 4.76. The molecule has 4 heteroatoms. The molecular weight excluding hydrogens is 289 g/mol. The molecule has 0 saturated carbocycles. The van der Waals surface area contributed by atoms with Crippen molar-refractivity contribution in [1.29, 1.82) is 0 Å². The van der Waals surface area contributed by atoms with E-state index in [1.165, 1.54) is 6.07 Å². The molecule has 1 aromatic carbocycles. The summed E-state index contributed by atoms with van der Waals surface area (Å²) in [5.74, 6) is 6.18. The molecule has 0 spiro atoms. The van der Waals surface area contributed by atoms with E-state index in [-0.39, 0.29) is 11.6 Å². The van der Waals surface area contributed by atoms with Crippen LogP contribution in [0.4, 0.5) is 4.39 Å². The zero-order valence-electron chi connectivity index (χ0n) is 11.5. The van der Waals surface area contributed by atoms with Gasteiger partial charge in [-0.05, 0) is 35.9 Å². The molecule has 0 radical (unpaired) electrons. The quantitative estimate of drug-likeness (QED) is 0.619. The van der Waals surface area contributed by atoms with Crippen LogP contribution in [0.2, 0.25) is 0 Å². The highest BCUT2D eigenvalue weighted by molar-refractivity contribution is 6.18. The number of ether oxygens (including phenoxy) is 1. The molecule has 0 aliphatic carbocycles. The van der Waals surface area contributed by atoms with Gasteiger partial charge in [-0.2, -0.15) is 0 Å². The van der Waals surface area contributed by atoms with Gasteiger partial charge in [-0.15, -0.1) is 11.6 Å². The number of halogens is 2. The lowest BCUT2D eigenvalue weighted by molar-refractivity contribution is 0.305. The van der Waals surface area contributed by atoms with Crippen LogP contribution in [0.1, 0.15) is 17.5 Å². The topological polar surface area (TPSA) is 22.1 Å². The molecule has 0 aliphatic rings. The molecule has 0 N–H and O–H groups in total. The minimum absolute atomic E-state index is 0.224. The van der Waals surface area contributed by atoms with Crippen molar-refractivity contribution in [2.75, 3.05) is 12.5 Å². The molecule has 1 aromatic heterocycles. The first kappa shape index (κ1) is 15.3. The minimum atomic E-state index is -0.382. The summed E-state index contributed by atoms with van der Waals surface area (Å²) in [6, 6.07) is 8.43. The van der Waals surface area contributed by atoms with Crippen LogP contribution in [0.3, 0.4) is 0 Å². The Hall–Kier alpha value is -2.05. The van der Waals surface area contributed by atoms with Crippen molar-refractivity contribution < 1.29 is 9.13 Å². The van der Waals surface area contributed by atoms with Gasteiger partial charge < -0.3 is 4.74 Å². The molecule has 0 amide bonds. The van der Waals surface area contributed by atoms with Gasteiger partial charge in [-0.25, -0.2) is 4.39 Å². The SMILES string of the molecule is Fc1ccc(C#CCCCl)cc1OCCc1ccncc1. The fraction of sp³-hybridized carbons (Fsp3) is 0.235. The van der Waals surface area contributed by atoms with Crippen molar-refractivity contribution in [3.8, 4) is 17.6 Å². The third kappa shape index (κ3) is 5.09. The Morgan fingerprint density at radius 2 is 2.00 bits per heavy atom. The first-order valence-corrected chi connectivity index (χ1v) is 7.19. The number of pyridine rings is 1. The molecule has 2 rings (SSSR count). The summed E-state index contributed by atoms with van der Waals surface area (Å²) in [7, 11) is 0. The van der Waals surface area contributed by atoms with Gasteiger partial charge in [0.15, 0.2) is 11.6 Å². The van der Waals surface area contributed by atoms with E-state index in [1.54, 1.807) is 24.5 Å². The van der Waals surface area contributed by atoms with Crippen molar-refractivity contribution in [2.45, 2.75) is 12.8 Å². The Balaban J connectivity index is 1.96. The number of nitrogens with zero attached hydrogens (tertiary/aromatic N) is 1. The lowest BCUT2D eigenvalue weighted by Gasteiger charge is -2.07. The second-order valence-corrected chi connectivity index (χ2v) is 4.72. The Morgan fingerprint density at radius 3 is 2.76 bits per heavy atom. The average molecular weight is 304 g/mol. The molecule has 2 aromatic rings. The van der Waals surface area contributed by atoms with Gasteiger partial charge in [0.05, 0.1) is 6.61 Å². The van der Waals surface area contributed by atoms with Gasteiger partial charge in [-0.3, -0.25) is 4.98 Å². The Bertz CT molecular complexity index is 634. The number of rotatable bonds is 5. The van der Waals surface area contributed by atoms with Gasteiger partial charge in [0.25, 0.3) is 0 Å². The van der Waals surface area contributed by atoms with Crippen LogP contribution in [0.25, 0.3) is 0 Å². The number of aromatic nitrogens is 1. The first-order valence-electron chi connectivity index (χ1n) is 6.65. The van der Waals surface area contributed by atoms with Gasteiger partial charge in [0, 0.05) is 36.7 Å². The zero-order chi connectivity index (χ0) is 14.9.